The molecule has 1 aliphatic heterocycles. The summed E-state index contributed by atoms with van der Waals surface area (Å²) in [4.78, 5) is 5.20. The third-order valence-corrected chi connectivity index (χ3v) is 6.09. The lowest BCUT2D eigenvalue weighted by atomic mass is 10.2. The second kappa shape index (κ2) is 9.92. The molecule has 2 N–H and O–H groups in total. The lowest BCUT2D eigenvalue weighted by Crippen LogP contribution is -3.12. The summed E-state index contributed by atoms with van der Waals surface area (Å²) in [7, 11) is 0. The number of rotatable bonds is 9. The van der Waals surface area contributed by atoms with Crippen molar-refractivity contribution in [2.75, 3.05) is 33.0 Å². The molecule has 0 radical (unpaired) electrons. The van der Waals surface area contributed by atoms with Crippen molar-refractivity contribution in [3.8, 4) is 11.5 Å². The first-order valence-corrected chi connectivity index (χ1v) is 10.8. The first-order chi connectivity index (χ1) is 13.2. The maximum absolute atomic E-state index is 5.73. The maximum Gasteiger partial charge on any atom is 0.231 e. The lowest BCUT2D eigenvalue weighted by Gasteiger charge is -2.27. The number of nitrogens with one attached hydrogen (secondary N) is 2. The Morgan fingerprint density at radius 1 is 1.22 bits per heavy atom. The maximum atomic E-state index is 5.73. The standard InChI is InChI=1S/C20H27N3O2S2/c1-3-22(4-2)9-10-23(14-17-6-5-11-27-17)20(26)21-13-16-7-8-18-19(12-16)25-15-24-18/h5-8,11-12H,3-4,9-10,13-15H2,1-2H3,(H,21,26)/p+1. The number of ether oxygens (including phenoxy) is 2. The Morgan fingerprint density at radius 2 is 2.04 bits per heavy atom. The Kier molecular flexibility index (Phi) is 7.32. The number of benzene rings is 1. The minimum atomic E-state index is 0.299. The molecular formula is C20H28N3O2S2+. The van der Waals surface area contributed by atoms with Crippen LogP contribution >= 0.6 is 23.6 Å². The van der Waals surface area contributed by atoms with Gasteiger partial charge in [-0.3, -0.25) is 0 Å². The quantitative estimate of drug-likeness (QED) is 0.625. The van der Waals surface area contributed by atoms with E-state index in [9.17, 15) is 0 Å². The van der Waals surface area contributed by atoms with E-state index in [0.29, 0.717) is 13.3 Å². The number of hydrogen-bond acceptors (Lipinski definition) is 4. The Bertz CT molecular complexity index is 733. The number of fused-ring (bicyclic) bond motifs is 1. The monoisotopic (exact) mass is 406 g/mol. The molecule has 2 aromatic rings. The van der Waals surface area contributed by atoms with E-state index in [0.717, 1.165) is 54.9 Å². The molecule has 1 aromatic carbocycles. The van der Waals surface area contributed by atoms with Crippen LogP contribution in [0, 0.1) is 0 Å². The molecule has 0 saturated heterocycles. The van der Waals surface area contributed by atoms with Gasteiger partial charge in [0.05, 0.1) is 32.7 Å². The summed E-state index contributed by atoms with van der Waals surface area (Å²) in [6, 6.07) is 10.3. The van der Waals surface area contributed by atoms with E-state index in [4.69, 9.17) is 21.7 Å². The lowest BCUT2D eigenvalue weighted by molar-refractivity contribution is -0.895. The Morgan fingerprint density at radius 3 is 2.78 bits per heavy atom. The van der Waals surface area contributed by atoms with Crippen LogP contribution in [0.25, 0.3) is 0 Å². The smallest absolute Gasteiger partial charge is 0.231 e. The summed E-state index contributed by atoms with van der Waals surface area (Å²) in [6.07, 6.45) is 0. The van der Waals surface area contributed by atoms with Crippen LogP contribution in [0.5, 0.6) is 11.5 Å². The van der Waals surface area contributed by atoms with Crippen molar-refractivity contribution in [2.45, 2.75) is 26.9 Å². The molecule has 5 nitrogen and oxygen atoms in total. The number of likely N-dealkylation sites (N-methyl/N-ethyl adjacent to an activating group) is 1. The Balaban J connectivity index is 1.59. The van der Waals surface area contributed by atoms with E-state index in [1.165, 1.54) is 4.88 Å². The van der Waals surface area contributed by atoms with Crippen LogP contribution in [0.4, 0.5) is 0 Å². The van der Waals surface area contributed by atoms with Gasteiger partial charge in [-0.1, -0.05) is 12.1 Å². The number of thiophene rings is 1. The van der Waals surface area contributed by atoms with Crippen LogP contribution in [0.15, 0.2) is 35.7 Å². The largest absolute Gasteiger partial charge is 0.454 e. The van der Waals surface area contributed by atoms with Crippen LogP contribution in [0.2, 0.25) is 0 Å². The first-order valence-electron chi connectivity index (χ1n) is 9.46. The summed E-state index contributed by atoms with van der Waals surface area (Å²) in [5, 5.41) is 6.33. The highest BCUT2D eigenvalue weighted by Gasteiger charge is 2.16. The number of quaternary nitrogens is 1. The van der Waals surface area contributed by atoms with Gasteiger partial charge in [0.25, 0.3) is 0 Å². The average Bonchev–Trinajstić information content (AvgIpc) is 3.37. The molecule has 0 aliphatic carbocycles. The van der Waals surface area contributed by atoms with Crippen LogP contribution in [0.3, 0.4) is 0 Å². The molecule has 0 spiro atoms. The normalized spacial score (nSPS) is 12.4. The summed E-state index contributed by atoms with van der Waals surface area (Å²) in [5.74, 6) is 1.61. The molecule has 0 amide bonds. The van der Waals surface area contributed by atoms with Gasteiger partial charge in [0.2, 0.25) is 6.79 Å². The SMILES string of the molecule is CC[NH+](CC)CCN(Cc1cccs1)C(=S)NCc1ccc2c(c1)OCO2. The second-order valence-electron chi connectivity index (χ2n) is 6.55. The summed E-state index contributed by atoms with van der Waals surface area (Å²) in [6.45, 7) is 10.6. The molecule has 27 heavy (non-hydrogen) atoms. The minimum Gasteiger partial charge on any atom is -0.454 e. The van der Waals surface area contributed by atoms with Crippen LogP contribution in [0.1, 0.15) is 24.3 Å². The molecule has 0 bridgehead atoms. The number of hydrogen-bond donors (Lipinski definition) is 2. The molecule has 0 saturated carbocycles. The highest BCUT2D eigenvalue weighted by atomic mass is 32.1. The summed E-state index contributed by atoms with van der Waals surface area (Å²) < 4.78 is 10.8. The van der Waals surface area contributed by atoms with Crippen LogP contribution in [-0.4, -0.2) is 43.0 Å². The molecule has 0 fully saturated rings. The van der Waals surface area contributed by atoms with Crippen molar-refractivity contribution < 1.29 is 14.4 Å². The fourth-order valence-electron chi connectivity index (χ4n) is 3.08. The minimum absolute atomic E-state index is 0.299. The fraction of sp³-hybridized carbons (Fsp3) is 0.450. The van der Waals surface area contributed by atoms with E-state index in [1.807, 2.05) is 18.2 Å². The van der Waals surface area contributed by atoms with Gasteiger partial charge in [0.15, 0.2) is 16.6 Å². The predicted octanol–water partition coefficient (Wildman–Crippen LogP) is 2.28. The fourth-order valence-corrected chi connectivity index (χ4v) is 4.03. The van der Waals surface area contributed by atoms with Crippen molar-refractivity contribution >= 4 is 28.7 Å². The molecule has 1 aromatic heterocycles. The van der Waals surface area contributed by atoms with Crippen molar-refractivity contribution in [2.24, 2.45) is 0 Å². The molecule has 146 valence electrons. The van der Waals surface area contributed by atoms with Crippen molar-refractivity contribution in [3.05, 3.63) is 46.2 Å². The van der Waals surface area contributed by atoms with Gasteiger partial charge in [-0.05, 0) is 55.2 Å². The van der Waals surface area contributed by atoms with Crippen molar-refractivity contribution in [1.82, 2.24) is 10.2 Å². The molecule has 1 aliphatic rings. The molecule has 0 atom stereocenters. The summed E-state index contributed by atoms with van der Waals surface area (Å²) in [5.41, 5.74) is 1.13. The zero-order valence-corrected chi connectivity index (χ0v) is 17.6. The van der Waals surface area contributed by atoms with Gasteiger partial charge in [0, 0.05) is 11.4 Å². The molecule has 7 heteroatoms. The molecular weight excluding hydrogens is 378 g/mol. The molecule has 3 rings (SSSR count). The third kappa shape index (κ3) is 5.57. The van der Waals surface area contributed by atoms with Gasteiger partial charge >= 0.3 is 0 Å². The molecule has 0 unspecified atom stereocenters. The van der Waals surface area contributed by atoms with E-state index in [1.54, 1.807) is 16.2 Å². The highest BCUT2D eigenvalue weighted by molar-refractivity contribution is 7.80. The Labute approximate surface area is 170 Å². The number of nitrogens with zero attached hydrogens (tertiary/aromatic N) is 1. The number of thiocarbonyl (C=S) groups is 1. The van der Waals surface area contributed by atoms with E-state index < -0.39 is 0 Å². The third-order valence-electron chi connectivity index (χ3n) is 4.83. The van der Waals surface area contributed by atoms with Gasteiger partial charge < -0.3 is 24.6 Å². The van der Waals surface area contributed by atoms with Crippen molar-refractivity contribution in [1.29, 1.82) is 0 Å². The second-order valence-corrected chi connectivity index (χ2v) is 7.97. The highest BCUT2D eigenvalue weighted by Crippen LogP contribution is 2.32. The van der Waals surface area contributed by atoms with Crippen LogP contribution < -0.4 is 19.7 Å². The van der Waals surface area contributed by atoms with Gasteiger partial charge in [0.1, 0.15) is 0 Å². The zero-order valence-electron chi connectivity index (χ0n) is 16.0. The average molecular weight is 407 g/mol. The predicted molar refractivity (Wildman–Crippen MR) is 114 cm³/mol. The topological polar surface area (TPSA) is 38.2 Å². The van der Waals surface area contributed by atoms with Crippen LogP contribution in [-0.2, 0) is 13.1 Å². The van der Waals surface area contributed by atoms with Gasteiger partial charge in [-0.15, -0.1) is 11.3 Å². The van der Waals surface area contributed by atoms with E-state index in [-0.39, 0.29) is 0 Å². The van der Waals surface area contributed by atoms with E-state index in [2.05, 4.69) is 41.6 Å². The van der Waals surface area contributed by atoms with E-state index >= 15 is 0 Å². The zero-order chi connectivity index (χ0) is 19.1. The first kappa shape index (κ1) is 19.9. The van der Waals surface area contributed by atoms with Gasteiger partial charge in [-0.25, -0.2) is 0 Å². The molecule has 2 heterocycles. The Hall–Kier alpha value is -1.83. The summed E-state index contributed by atoms with van der Waals surface area (Å²) >= 11 is 7.50. The van der Waals surface area contributed by atoms with Crippen molar-refractivity contribution in [3.63, 3.8) is 0 Å². The van der Waals surface area contributed by atoms with Gasteiger partial charge in [-0.2, -0.15) is 0 Å².